The van der Waals surface area contributed by atoms with Crippen molar-refractivity contribution in [1.82, 2.24) is 5.32 Å². The van der Waals surface area contributed by atoms with E-state index >= 15 is 0 Å². The first-order valence-corrected chi connectivity index (χ1v) is 5.18. The van der Waals surface area contributed by atoms with Crippen LogP contribution >= 0.6 is 0 Å². The number of nitro groups is 1. The number of rotatable bonds is 5. The zero-order valence-corrected chi connectivity index (χ0v) is 9.61. The van der Waals surface area contributed by atoms with Crippen molar-refractivity contribution in [2.24, 2.45) is 0 Å². The molecule has 6 heteroatoms. The van der Waals surface area contributed by atoms with Crippen LogP contribution in [0.5, 0.6) is 0 Å². The van der Waals surface area contributed by atoms with Gasteiger partial charge in [0.1, 0.15) is 0 Å². The molecule has 0 aliphatic carbocycles. The van der Waals surface area contributed by atoms with Gasteiger partial charge in [0, 0.05) is 18.2 Å². The zero-order chi connectivity index (χ0) is 13.0. The first-order valence-electron chi connectivity index (χ1n) is 5.18. The molecule has 0 saturated heterocycles. The Labute approximate surface area is 97.8 Å². The summed E-state index contributed by atoms with van der Waals surface area (Å²) in [5.41, 5.74) is 1.17. The van der Waals surface area contributed by atoms with E-state index in [1.165, 1.54) is 13.0 Å². The minimum Gasteiger partial charge on any atom is -0.305 e. The van der Waals surface area contributed by atoms with Crippen LogP contribution in [0.25, 0.3) is 0 Å². The molecule has 17 heavy (non-hydrogen) atoms. The maximum absolute atomic E-state index is 12.3. The fourth-order valence-electron chi connectivity index (χ4n) is 1.42. The summed E-state index contributed by atoms with van der Waals surface area (Å²) in [6.07, 6.45) is -2.45. The molecule has 0 aliphatic rings. The van der Waals surface area contributed by atoms with Crippen molar-refractivity contribution in [3.05, 3.63) is 39.4 Å². The van der Waals surface area contributed by atoms with Crippen LogP contribution in [0.1, 0.15) is 18.1 Å². The van der Waals surface area contributed by atoms with E-state index in [0.717, 1.165) is 0 Å². The minimum atomic E-state index is -2.45. The quantitative estimate of drug-likeness (QED) is 0.640. The van der Waals surface area contributed by atoms with Crippen molar-refractivity contribution in [3.8, 4) is 0 Å². The molecule has 1 rings (SSSR count). The molecule has 0 radical (unpaired) electrons. The van der Waals surface area contributed by atoms with Gasteiger partial charge in [0.15, 0.2) is 0 Å². The van der Waals surface area contributed by atoms with Gasteiger partial charge in [-0.1, -0.05) is 12.1 Å². The fourth-order valence-corrected chi connectivity index (χ4v) is 1.42. The first kappa shape index (κ1) is 13.5. The van der Waals surface area contributed by atoms with E-state index in [1.807, 2.05) is 0 Å². The van der Waals surface area contributed by atoms with Crippen molar-refractivity contribution < 1.29 is 13.7 Å². The van der Waals surface area contributed by atoms with Crippen LogP contribution in [0.3, 0.4) is 0 Å². The average Bonchev–Trinajstić information content (AvgIpc) is 2.26. The number of alkyl halides is 2. The molecule has 1 atom stereocenters. The largest absolute Gasteiger partial charge is 0.305 e. The predicted octanol–water partition coefficient (Wildman–Crippen LogP) is 2.65. The summed E-state index contributed by atoms with van der Waals surface area (Å²) in [7, 11) is 0. The first-order chi connectivity index (χ1) is 7.93. The van der Waals surface area contributed by atoms with E-state index < -0.39 is 17.4 Å². The number of halogens is 2. The highest BCUT2D eigenvalue weighted by atomic mass is 19.3. The number of hydrogen-bond acceptors (Lipinski definition) is 3. The van der Waals surface area contributed by atoms with Crippen LogP contribution in [-0.4, -0.2) is 17.4 Å². The molecule has 1 aromatic rings. The van der Waals surface area contributed by atoms with Crippen molar-refractivity contribution >= 4 is 5.69 Å². The van der Waals surface area contributed by atoms with Crippen molar-refractivity contribution in [1.29, 1.82) is 0 Å². The zero-order valence-electron chi connectivity index (χ0n) is 9.61. The molecule has 1 unspecified atom stereocenters. The van der Waals surface area contributed by atoms with E-state index in [4.69, 9.17) is 0 Å². The van der Waals surface area contributed by atoms with Gasteiger partial charge in [-0.15, -0.1) is 0 Å². The average molecular weight is 244 g/mol. The van der Waals surface area contributed by atoms with Gasteiger partial charge in [-0.25, -0.2) is 8.78 Å². The summed E-state index contributed by atoms with van der Waals surface area (Å²) in [5, 5.41) is 13.3. The van der Waals surface area contributed by atoms with Crippen LogP contribution in [0.2, 0.25) is 0 Å². The van der Waals surface area contributed by atoms with E-state index in [2.05, 4.69) is 5.32 Å². The Morgan fingerprint density at radius 1 is 1.47 bits per heavy atom. The fraction of sp³-hybridized carbons (Fsp3) is 0.455. The maximum Gasteiger partial charge on any atom is 0.272 e. The molecule has 0 fully saturated rings. The molecule has 0 amide bonds. The smallest absolute Gasteiger partial charge is 0.272 e. The Kier molecular flexibility index (Phi) is 4.51. The second-order valence-electron chi connectivity index (χ2n) is 3.82. The van der Waals surface area contributed by atoms with Crippen LogP contribution < -0.4 is 5.32 Å². The number of nitrogens with one attached hydrogen (secondary N) is 1. The topological polar surface area (TPSA) is 55.2 Å². The van der Waals surface area contributed by atoms with Gasteiger partial charge in [0.05, 0.1) is 11.0 Å². The number of nitro benzene ring substituents is 1. The van der Waals surface area contributed by atoms with Gasteiger partial charge in [-0.2, -0.15) is 0 Å². The standard InChI is InChI=1S/C11H14F2N2O2/c1-7-9(6-14-8(2)11(12)13)4-3-5-10(7)15(16)17/h3-5,8,11,14H,6H2,1-2H3. The molecule has 94 valence electrons. The Morgan fingerprint density at radius 2 is 2.12 bits per heavy atom. The SMILES string of the molecule is Cc1c(CNC(C)C(F)F)cccc1[N+](=O)[O-]. The van der Waals surface area contributed by atoms with Crippen LogP contribution in [0.15, 0.2) is 18.2 Å². The molecule has 1 aromatic carbocycles. The molecule has 0 saturated carbocycles. The summed E-state index contributed by atoms with van der Waals surface area (Å²) < 4.78 is 24.5. The van der Waals surface area contributed by atoms with Crippen LogP contribution in [0, 0.1) is 17.0 Å². The Hall–Kier alpha value is -1.56. The molecular formula is C11H14F2N2O2. The third kappa shape index (κ3) is 3.45. The molecule has 0 aromatic heterocycles. The highest BCUT2D eigenvalue weighted by molar-refractivity contribution is 5.44. The molecule has 0 aliphatic heterocycles. The minimum absolute atomic E-state index is 0.00833. The van der Waals surface area contributed by atoms with Gasteiger partial charge in [-0.3, -0.25) is 10.1 Å². The second kappa shape index (κ2) is 5.67. The van der Waals surface area contributed by atoms with E-state index in [1.54, 1.807) is 19.1 Å². The van der Waals surface area contributed by atoms with Gasteiger partial charge >= 0.3 is 0 Å². The lowest BCUT2D eigenvalue weighted by atomic mass is 10.1. The normalized spacial score (nSPS) is 12.8. The Morgan fingerprint density at radius 3 is 2.65 bits per heavy atom. The highest BCUT2D eigenvalue weighted by Gasteiger charge is 2.16. The summed E-state index contributed by atoms with van der Waals surface area (Å²) in [6.45, 7) is 3.18. The second-order valence-corrected chi connectivity index (χ2v) is 3.82. The Bertz CT molecular complexity index is 410. The summed E-state index contributed by atoms with van der Waals surface area (Å²) in [6, 6.07) is 3.70. The number of nitrogens with zero attached hydrogens (tertiary/aromatic N) is 1. The predicted molar refractivity (Wildman–Crippen MR) is 60.1 cm³/mol. The van der Waals surface area contributed by atoms with Gasteiger partial charge < -0.3 is 5.32 Å². The molecular weight excluding hydrogens is 230 g/mol. The van der Waals surface area contributed by atoms with Crippen molar-refractivity contribution in [3.63, 3.8) is 0 Å². The number of hydrogen-bond donors (Lipinski definition) is 1. The van der Waals surface area contributed by atoms with E-state index in [9.17, 15) is 18.9 Å². The highest BCUT2D eigenvalue weighted by Crippen LogP contribution is 2.21. The van der Waals surface area contributed by atoms with Gasteiger partial charge in [0.2, 0.25) is 0 Å². The Balaban J connectivity index is 2.79. The third-order valence-electron chi connectivity index (χ3n) is 2.61. The van der Waals surface area contributed by atoms with Crippen LogP contribution in [-0.2, 0) is 6.54 Å². The van der Waals surface area contributed by atoms with E-state index in [-0.39, 0.29) is 12.2 Å². The van der Waals surface area contributed by atoms with Crippen LogP contribution in [0.4, 0.5) is 14.5 Å². The molecule has 1 N–H and O–H groups in total. The van der Waals surface area contributed by atoms with E-state index in [0.29, 0.717) is 11.1 Å². The maximum atomic E-state index is 12.3. The molecule has 0 bridgehead atoms. The number of benzene rings is 1. The summed E-state index contributed by atoms with van der Waals surface area (Å²) >= 11 is 0. The lowest BCUT2D eigenvalue weighted by Crippen LogP contribution is -2.32. The van der Waals surface area contributed by atoms with Gasteiger partial charge in [-0.05, 0) is 19.4 Å². The lowest BCUT2D eigenvalue weighted by Gasteiger charge is -2.13. The van der Waals surface area contributed by atoms with Crippen molar-refractivity contribution in [2.45, 2.75) is 32.9 Å². The monoisotopic (exact) mass is 244 g/mol. The van der Waals surface area contributed by atoms with Crippen molar-refractivity contribution in [2.75, 3.05) is 0 Å². The summed E-state index contributed by atoms with van der Waals surface area (Å²) in [5.74, 6) is 0. The third-order valence-corrected chi connectivity index (χ3v) is 2.61. The molecule has 4 nitrogen and oxygen atoms in total. The summed E-state index contributed by atoms with van der Waals surface area (Å²) in [4.78, 5) is 10.2. The molecule has 0 spiro atoms. The van der Waals surface area contributed by atoms with Gasteiger partial charge in [0.25, 0.3) is 12.1 Å². The molecule has 0 heterocycles. The lowest BCUT2D eigenvalue weighted by molar-refractivity contribution is -0.385.